The van der Waals surface area contributed by atoms with Gasteiger partial charge in [0.1, 0.15) is 10.8 Å². The minimum absolute atomic E-state index is 0.0812. The van der Waals surface area contributed by atoms with Crippen molar-refractivity contribution in [2.24, 2.45) is 0 Å². The molecule has 3 rings (SSSR count). The molecule has 0 bridgehead atoms. The zero-order valence-corrected chi connectivity index (χ0v) is 17.7. The van der Waals surface area contributed by atoms with E-state index in [1.807, 2.05) is 71.8 Å². The van der Waals surface area contributed by atoms with Crippen LogP contribution in [0.15, 0.2) is 60.0 Å². The lowest BCUT2D eigenvalue weighted by Crippen LogP contribution is -2.46. The number of nitrogens with one attached hydrogen (secondary N) is 2. The summed E-state index contributed by atoms with van der Waals surface area (Å²) >= 11 is 1.42. The highest BCUT2D eigenvalue weighted by Gasteiger charge is 2.14. The quantitative estimate of drug-likeness (QED) is 0.544. The van der Waals surface area contributed by atoms with Crippen LogP contribution in [0.2, 0.25) is 0 Å². The van der Waals surface area contributed by atoms with E-state index in [-0.39, 0.29) is 24.8 Å². The maximum atomic E-state index is 12.5. The first-order valence-electron chi connectivity index (χ1n) is 9.45. The summed E-state index contributed by atoms with van der Waals surface area (Å²) < 4.78 is 5.21. The SMILES string of the molecule is COc1ccc(N(CC(=O)NNC(=O)Cc2nc(C)cs2)Cc2ccccc2)cc1. The number of anilines is 1. The number of rotatable bonds is 8. The summed E-state index contributed by atoms with van der Waals surface area (Å²) in [7, 11) is 1.61. The highest BCUT2D eigenvalue weighted by atomic mass is 32.1. The molecule has 0 aliphatic carbocycles. The molecule has 0 aliphatic heterocycles. The van der Waals surface area contributed by atoms with E-state index < -0.39 is 0 Å². The molecule has 0 saturated heterocycles. The Labute approximate surface area is 179 Å². The van der Waals surface area contributed by atoms with E-state index in [1.165, 1.54) is 11.3 Å². The second-order valence-electron chi connectivity index (χ2n) is 6.70. The Bertz CT molecular complexity index is 974. The minimum atomic E-state index is -0.314. The van der Waals surface area contributed by atoms with Crippen molar-refractivity contribution in [2.75, 3.05) is 18.6 Å². The van der Waals surface area contributed by atoms with Gasteiger partial charge in [-0.2, -0.15) is 0 Å². The van der Waals surface area contributed by atoms with E-state index >= 15 is 0 Å². The third-order valence-electron chi connectivity index (χ3n) is 4.31. The predicted octanol–water partition coefficient (Wildman–Crippen LogP) is 2.86. The van der Waals surface area contributed by atoms with Crippen LogP contribution in [0, 0.1) is 6.92 Å². The summed E-state index contributed by atoms with van der Waals surface area (Å²) in [5.41, 5.74) is 7.78. The number of amides is 2. The van der Waals surface area contributed by atoms with Crippen LogP contribution in [0.3, 0.4) is 0 Å². The first-order valence-corrected chi connectivity index (χ1v) is 10.3. The van der Waals surface area contributed by atoms with Gasteiger partial charge in [-0.05, 0) is 36.8 Å². The van der Waals surface area contributed by atoms with Gasteiger partial charge in [-0.3, -0.25) is 20.4 Å². The molecular weight excluding hydrogens is 400 g/mol. The van der Waals surface area contributed by atoms with Gasteiger partial charge in [-0.25, -0.2) is 4.98 Å². The van der Waals surface area contributed by atoms with Crippen LogP contribution < -0.4 is 20.5 Å². The first kappa shape index (κ1) is 21.3. The summed E-state index contributed by atoms with van der Waals surface area (Å²) in [4.78, 5) is 30.7. The van der Waals surface area contributed by atoms with Crippen molar-refractivity contribution in [3.8, 4) is 5.75 Å². The van der Waals surface area contributed by atoms with Gasteiger partial charge in [0.2, 0.25) is 5.91 Å². The number of hydrogen-bond acceptors (Lipinski definition) is 6. The Morgan fingerprint density at radius 1 is 1.03 bits per heavy atom. The van der Waals surface area contributed by atoms with Gasteiger partial charge in [-0.15, -0.1) is 11.3 Å². The second kappa shape index (κ2) is 10.4. The molecule has 0 fully saturated rings. The number of aryl methyl sites for hydroxylation is 1. The molecule has 0 aliphatic rings. The van der Waals surface area contributed by atoms with Crippen molar-refractivity contribution in [1.82, 2.24) is 15.8 Å². The molecule has 156 valence electrons. The lowest BCUT2D eigenvalue weighted by atomic mass is 10.2. The standard InChI is InChI=1S/C22H24N4O3S/c1-16-15-30-22(23-16)12-20(27)24-25-21(28)14-26(13-17-6-4-3-5-7-17)18-8-10-19(29-2)11-9-18/h3-11,15H,12-14H2,1-2H3,(H,24,27)(H,25,28). The lowest BCUT2D eigenvalue weighted by Gasteiger charge is -2.24. The van der Waals surface area contributed by atoms with Gasteiger partial charge in [0.25, 0.3) is 5.91 Å². The molecule has 0 spiro atoms. The van der Waals surface area contributed by atoms with Gasteiger partial charge in [0.05, 0.1) is 20.1 Å². The number of hydrazine groups is 1. The Morgan fingerprint density at radius 3 is 2.37 bits per heavy atom. The number of carbonyl (C=O) groups is 2. The topological polar surface area (TPSA) is 83.6 Å². The number of methoxy groups -OCH3 is 1. The molecule has 7 nitrogen and oxygen atoms in total. The average Bonchev–Trinajstić information content (AvgIpc) is 3.17. The number of carbonyl (C=O) groups excluding carboxylic acids is 2. The Balaban J connectivity index is 1.61. The molecular formula is C22H24N4O3S. The van der Waals surface area contributed by atoms with Crippen molar-refractivity contribution in [2.45, 2.75) is 19.9 Å². The maximum absolute atomic E-state index is 12.5. The van der Waals surface area contributed by atoms with Gasteiger partial charge in [0.15, 0.2) is 0 Å². The minimum Gasteiger partial charge on any atom is -0.497 e. The van der Waals surface area contributed by atoms with Crippen molar-refractivity contribution in [3.05, 3.63) is 76.2 Å². The van der Waals surface area contributed by atoms with E-state index in [0.717, 1.165) is 22.7 Å². The molecule has 0 atom stereocenters. The van der Waals surface area contributed by atoms with Crippen molar-refractivity contribution < 1.29 is 14.3 Å². The molecule has 1 heterocycles. The van der Waals surface area contributed by atoms with Crippen molar-refractivity contribution in [3.63, 3.8) is 0 Å². The maximum Gasteiger partial charge on any atom is 0.257 e. The van der Waals surface area contributed by atoms with Crippen LogP contribution in [-0.2, 0) is 22.6 Å². The predicted molar refractivity (Wildman–Crippen MR) is 117 cm³/mol. The lowest BCUT2D eigenvalue weighted by molar-refractivity contribution is -0.127. The second-order valence-corrected chi connectivity index (χ2v) is 7.64. The molecule has 8 heteroatoms. The summed E-state index contributed by atoms with van der Waals surface area (Å²) in [5.74, 6) is 0.120. The fourth-order valence-corrected chi connectivity index (χ4v) is 3.62. The van der Waals surface area contributed by atoms with Crippen LogP contribution in [-0.4, -0.2) is 30.5 Å². The molecule has 0 radical (unpaired) electrons. The van der Waals surface area contributed by atoms with Crippen LogP contribution in [0.5, 0.6) is 5.75 Å². The normalized spacial score (nSPS) is 10.3. The van der Waals surface area contributed by atoms with Gasteiger partial charge in [0, 0.05) is 23.3 Å². The fraction of sp³-hybridized carbons (Fsp3) is 0.227. The van der Waals surface area contributed by atoms with Crippen molar-refractivity contribution in [1.29, 1.82) is 0 Å². The number of ether oxygens (including phenoxy) is 1. The third-order valence-corrected chi connectivity index (χ3v) is 5.27. The van der Waals surface area contributed by atoms with Crippen molar-refractivity contribution >= 4 is 28.8 Å². The fourth-order valence-electron chi connectivity index (χ4n) is 2.85. The Kier molecular flexibility index (Phi) is 7.40. The third kappa shape index (κ3) is 6.31. The molecule has 2 amide bonds. The van der Waals surface area contributed by atoms with Crippen LogP contribution in [0.1, 0.15) is 16.3 Å². The van der Waals surface area contributed by atoms with E-state index in [0.29, 0.717) is 11.6 Å². The molecule has 0 unspecified atom stereocenters. The number of nitrogens with zero attached hydrogens (tertiary/aromatic N) is 2. The average molecular weight is 425 g/mol. The summed E-state index contributed by atoms with van der Waals surface area (Å²) in [6.45, 7) is 2.50. The zero-order valence-electron chi connectivity index (χ0n) is 16.9. The number of thiazole rings is 1. The van der Waals surface area contributed by atoms with Gasteiger partial charge < -0.3 is 9.64 Å². The Hall–Kier alpha value is -3.39. The van der Waals surface area contributed by atoms with Crippen LogP contribution >= 0.6 is 11.3 Å². The van der Waals surface area contributed by atoms with Crippen LogP contribution in [0.25, 0.3) is 0 Å². The highest BCUT2D eigenvalue weighted by molar-refractivity contribution is 7.09. The molecule has 3 aromatic rings. The molecule has 2 aromatic carbocycles. The largest absolute Gasteiger partial charge is 0.497 e. The van der Waals surface area contributed by atoms with Gasteiger partial charge in [-0.1, -0.05) is 30.3 Å². The van der Waals surface area contributed by atoms with E-state index in [9.17, 15) is 9.59 Å². The molecule has 30 heavy (non-hydrogen) atoms. The molecule has 2 N–H and O–H groups in total. The molecule has 0 saturated carbocycles. The summed E-state index contributed by atoms with van der Waals surface area (Å²) in [6.07, 6.45) is 0.130. The number of hydrogen-bond donors (Lipinski definition) is 2. The zero-order chi connectivity index (χ0) is 21.3. The smallest absolute Gasteiger partial charge is 0.257 e. The van der Waals surface area contributed by atoms with E-state index in [2.05, 4.69) is 15.8 Å². The van der Waals surface area contributed by atoms with Crippen LogP contribution in [0.4, 0.5) is 5.69 Å². The molecule has 1 aromatic heterocycles. The number of benzene rings is 2. The number of aromatic nitrogens is 1. The highest BCUT2D eigenvalue weighted by Crippen LogP contribution is 2.21. The monoisotopic (exact) mass is 424 g/mol. The Morgan fingerprint density at radius 2 is 1.73 bits per heavy atom. The first-order chi connectivity index (χ1) is 14.5. The van der Waals surface area contributed by atoms with E-state index in [1.54, 1.807) is 7.11 Å². The summed E-state index contributed by atoms with van der Waals surface area (Å²) in [6, 6.07) is 17.4. The van der Waals surface area contributed by atoms with Gasteiger partial charge >= 0.3 is 0 Å². The summed E-state index contributed by atoms with van der Waals surface area (Å²) in [5, 5.41) is 2.60. The van der Waals surface area contributed by atoms with E-state index in [4.69, 9.17) is 4.74 Å².